The van der Waals surface area contributed by atoms with Gasteiger partial charge in [0.15, 0.2) is 5.11 Å². The second kappa shape index (κ2) is 9.41. The van der Waals surface area contributed by atoms with E-state index in [-0.39, 0.29) is 12.1 Å². The number of rotatable bonds is 4. The van der Waals surface area contributed by atoms with Crippen LogP contribution in [0.5, 0.6) is 0 Å². The van der Waals surface area contributed by atoms with Crippen LogP contribution >= 0.6 is 39.7 Å². The quantitative estimate of drug-likeness (QED) is 0.257. The van der Waals surface area contributed by atoms with Gasteiger partial charge in [0.25, 0.3) is 0 Å². The summed E-state index contributed by atoms with van der Waals surface area (Å²) in [6, 6.07) is 20.2. The molecule has 3 heterocycles. The van der Waals surface area contributed by atoms with Gasteiger partial charge in [0.05, 0.1) is 17.8 Å². The summed E-state index contributed by atoms with van der Waals surface area (Å²) in [7, 11) is 0. The zero-order valence-corrected chi connectivity index (χ0v) is 23.2. The van der Waals surface area contributed by atoms with Gasteiger partial charge < -0.3 is 14.8 Å². The van der Waals surface area contributed by atoms with E-state index in [1.807, 2.05) is 36.5 Å². The Kier molecular flexibility index (Phi) is 6.47. The van der Waals surface area contributed by atoms with E-state index in [4.69, 9.17) is 28.8 Å². The second-order valence-electron chi connectivity index (χ2n) is 8.95. The molecule has 7 heteroatoms. The van der Waals surface area contributed by atoms with Crippen LogP contribution in [0.1, 0.15) is 45.9 Å². The van der Waals surface area contributed by atoms with E-state index in [2.05, 4.69) is 88.7 Å². The molecule has 1 fully saturated rings. The molecule has 0 saturated carbocycles. The van der Waals surface area contributed by atoms with Gasteiger partial charge in [-0.3, -0.25) is 4.98 Å². The first kappa shape index (κ1) is 24.0. The molecule has 1 saturated heterocycles. The van der Waals surface area contributed by atoms with Gasteiger partial charge in [0, 0.05) is 44.0 Å². The minimum Gasteiger partial charge on any atom is -0.351 e. The van der Waals surface area contributed by atoms with Gasteiger partial charge in [0.1, 0.15) is 0 Å². The Bertz CT molecular complexity index is 1430. The smallest absolute Gasteiger partial charge is 0.174 e. The number of aromatic nitrogens is 2. The zero-order chi connectivity index (χ0) is 24.9. The summed E-state index contributed by atoms with van der Waals surface area (Å²) >= 11 is 15.9. The standard InChI is InChI=1S/C28H26BrClN4S/c1-16-14-22(11-12-23(16)29)34-27(26(32-28(34)35)24-10-5-6-13-31-24)25-17(2)18(3)33(19(25)4)21-9-7-8-20(30)15-21/h5-15,26-27H,1-4H3,(H,32,35)/t26-,27+/m0/s1. The molecule has 0 unspecified atom stereocenters. The SMILES string of the molecule is Cc1cc(N2C(=S)N[C@@H](c3ccccn3)[C@H]2c2c(C)c(C)n(-c3cccc(Cl)c3)c2C)ccc1Br. The molecule has 0 aliphatic carbocycles. The van der Waals surface area contributed by atoms with Crippen molar-refractivity contribution in [3.05, 3.63) is 110 Å². The molecule has 178 valence electrons. The molecular weight excluding hydrogens is 540 g/mol. The summed E-state index contributed by atoms with van der Waals surface area (Å²) in [4.78, 5) is 6.95. The van der Waals surface area contributed by atoms with Gasteiger partial charge in [-0.05, 0) is 99.6 Å². The van der Waals surface area contributed by atoms with Crippen molar-refractivity contribution >= 4 is 50.5 Å². The van der Waals surface area contributed by atoms with E-state index in [1.165, 1.54) is 22.5 Å². The largest absolute Gasteiger partial charge is 0.351 e. The van der Waals surface area contributed by atoms with Gasteiger partial charge >= 0.3 is 0 Å². The summed E-state index contributed by atoms with van der Waals surface area (Å²) in [5.41, 5.74) is 9.05. The molecule has 0 amide bonds. The Labute approximate surface area is 225 Å². The number of halogens is 2. The predicted octanol–water partition coefficient (Wildman–Crippen LogP) is 7.70. The summed E-state index contributed by atoms with van der Waals surface area (Å²) in [5, 5.41) is 5.00. The highest BCUT2D eigenvalue weighted by Gasteiger charge is 2.43. The molecule has 0 radical (unpaired) electrons. The van der Waals surface area contributed by atoms with Gasteiger partial charge in [-0.15, -0.1) is 0 Å². The summed E-state index contributed by atoms with van der Waals surface area (Å²) in [6.07, 6.45) is 1.84. The van der Waals surface area contributed by atoms with E-state index in [0.717, 1.165) is 32.1 Å². The van der Waals surface area contributed by atoms with Crippen molar-refractivity contribution in [3.63, 3.8) is 0 Å². The molecule has 1 aliphatic rings. The molecule has 4 aromatic rings. The molecular formula is C28H26BrClN4S. The lowest BCUT2D eigenvalue weighted by molar-refractivity contribution is 0.563. The zero-order valence-electron chi connectivity index (χ0n) is 20.0. The average molecular weight is 566 g/mol. The van der Waals surface area contributed by atoms with Crippen LogP contribution in [0.4, 0.5) is 5.69 Å². The first-order valence-electron chi connectivity index (χ1n) is 11.5. The van der Waals surface area contributed by atoms with Crippen molar-refractivity contribution < 1.29 is 0 Å². The molecule has 5 rings (SSSR count). The summed E-state index contributed by atoms with van der Waals surface area (Å²) in [6.45, 7) is 8.64. The topological polar surface area (TPSA) is 33.1 Å². The monoisotopic (exact) mass is 564 g/mol. The van der Waals surface area contributed by atoms with Crippen molar-refractivity contribution in [2.75, 3.05) is 4.90 Å². The van der Waals surface area contributed by atoms with E-state index in [1.54, 1.807) is 0 Å². The van der Waals surface area contributed by atoms with Crippen molar-refractivity contribution in [1.82, 2.24) is 14.9 Å². The minimum absolute atomic E-state index is 0.0721. The predicted molar refractivity (Wildman–Crippen MR) is 152 cm³/mol. The maximum atomic E-state index is 6.37. The number of anilines is 1. The maximum absolute atomic E-state index is 6.37. The molecule has 2 atom stereocenters. The number of nitrogens with one attached hydrogen (secondary N) is 1. The molecule has 1 N–H and O–H groups in total. The van der Waals surface area contributed by atoms with E-state index >= 15 is 0 Å². The molecule has 2 aromatic carbocycles. The van der Waals surface area contributed by atoms with Crippen LogP contribution < -0.4 is 10.2 Å². The molecule has 1 aliphatic heterocycles. The average Bonchev–Trinajstić information content (AvgIpc) is 3.28. The third kappa shape index (κ3) is 4.18. The normalized spacial score (nSPS) is 17.7. The Morgan fingerprint density at radius 2 is 1.74 bits per heavy atom. The first-order chi connectivity index (χ1) is 16.8. The molecule has 35 heavy (non-hydrogen) atoms. The molecule has 4 nitrogen and oxygen atoms in total. The Hall–Kier alpha value is -2.67. The highest BCUT2D eigenvalue weighted by molar-refractivity contribution is 9.10. The van der Waals surface area contributed by atoms with E-state index in [9.17, 15) is 0 Å². The highest BCUT2D eigenvalue weighted by Crippen LogP contribution is 2.45. The van der Waals surface area contributed by atoms with Gasteiger partial charge in [-0.2, -0.15) is 0 Å². The summed E-state index contributed by atoms with van der Waals surface area (Å²) < 4.78 is 3.37. The molecule has 2 aromatic heterocycles. The van der Waals surface area contributed by atoms with E-state index < -0.39 is 0 Å². The number of pyridine rings is 1. The van der Waals surface area contributed by atoms with Crippen molar-refractivity contribution in [2.45, 2.75) is 39.8 Å². The van der Waals surface area contributed by atoms with Gasteiger partial charge in [-0.1, -0.05) is 39.7 Å². The lowest BCUT2D eigenvalue weighted by atomic mass is 9.93. The first-order valence-corrected chi connectivity index (χ1v) is 13.1. The fraction of sp³-hybridized carbons (Fsp3) is 0.214. The minimum atomic E-state index is -0.0975. The Morgan fingerprint density at radius 1 is 0.943 bits per heavy atom. The van der Waals surface area contributed by atoms with Gasteiger partial charge in [0.2, 0.25) is 0 Å². The number of hydrogen-bond donors (Lipinski definition) is 1. The highest BCUT2D eigenvalue weighted by atomic mass is 79.9. The van der Waals surface area contributed by atoms with Crippen LogP contribution in [0.25, 0.3) is 5.69 Å². The Balaban J connectivity index is 1.74. The molecule has 0 spiro atoms. The van der Waals surface area contributed by atoms with Crippen LogP contribution in [-0.4, -0.2) is 14.7 Å². The lowest BCUT2D eigenvalue weighted by Gasteiger charge is -2.29. The van der Waals surface area contributed by atoms with Crippen LogP contribution in [0.3, 0.4) is 0 Å². The van der Waals surface area contributed by atoms with Crippen molar-refractivity contribution in [3.8, 4) is 5.69 Å². The Morgan fingerprint density at radius 3 is 2.43 bits per heavy atom. The van der Waals surface area contributed by atoms with Crippen LogP contribution in [0, 0.1) is 27.7 Å². The number of hydrogen-bond acceptors (Lipinski definition) is 2. The fourth-order valence-electron chi connectivity index (χ4n) is 5.15. The third-order valence-electron chi connectivity index (χ3n) is 6.89. The maximum Gasteiger partial charge on any atom is 0.174 e. The number of benzene rings is 2. The van der Waals surface area contributed by atoms with Crippen molar-refractivity contribution in [2.24, 2.45) is 0 Å². The van der Waals surface area contributed by atoms with Crippen LogP contribution in [0.2, 0.25) is 5.02 Å². The van der Waals surface area contributed by atoms with Gasteiger partial charge in [-0.25, -0.2) is 0 Å². The third-order valence-corrected chi connectivity index (χ3v) is 8.33. The van der Waals surface area contributed by atoms with Crippen LogP contribution in [0.15, 0.2) is 71.3 Å². The lowest BCUT2D eigenvalue weighted by Crippen LogP contribution is -2.30. The van der Waals surface area contributed by atoms with Crippen LogP contribution in [-0.2, 0) is 0 Å². The number of thiocarbonyl (C=S) groups is 1. The number of nitrogens with zero attached hydrogens (tertiary/aromatic N) is 3. The second-order valence-corrected chi connectivity index (χ2v) is 10.6. The summed E-state index contributed by atoms with van der Waals surface area (Å²) in [5.74, 6) is 0. The number of aryl methyl sites for hydroxylation is 1. The van der Waals surface area contributed by atoms with Crippen molar-refractivity contribution in [1.29, 1.82) is 0 Å². The fourth-order valence-corrected chi connectivity index (χ4v) is 5.93. The van der Waals surface area contributed by atoms with E-state index in [0.29, 0.717) is 5.11 Å². The molecule has 0 bridgehead atoms.